The molecule has 0 saturated carbocycles. The summed E-state index contributed by atoms with van der Waals surface area (Å²) in [4.78, 5) is 28.3. The zero-order valence-corrected chi connectivity index (χ0v) is 18.5. The Morgan fingerprint density at radius 3 is 2.65 bits per heavy atom. The van der Waals surface area contributed by atoms with E-state index in [1.807, 2.05) is 13.1 Å². The fourth-order valence-electron chi connectivity index (χ4n) is 3.60. The van der Waals surface area contributed by atoms with Crippen molar-refractivity contribution in [1.29, 1.82) is 0 Å². The molecule has 9 heteroatoms. The molecule has 2 heterocycles. The van der Waals surface area contributed by atoms with Gasteiger partial charge in [-0.05, 0) is 56.0 Å². The molecule has 0 aliphatic carbocycles. The number of sulfone groups is 1. The van der Waals surface area contributed by atoms with Crippen LogP contribution in [-0.4, -0.2) is 72.9 Å². The number of nitrogens with zero attached hydrogens (tertiary/aromatic N) is 2. The Kier molecular flexibility index (Phi) is 6.42. The largest absolute Gasteiger partial charge is 0.334 e. The van der Waals surface area contributed by atoms with E-state index in [4.69, 9.17) is 5.21 Å². The molecule has 0 unspecified atom stereocenters. The van der Waals surface area contributed by atoms with Gasteiger partial charge in [0.25, 0.3) is 11.8 Å². The maximum absolute atomic E-state index is 12.7. The van der Waals surface area contributed by atoms with Crippen molar-refractivity contribution in [1.82, 2.24) is 15.3 Å². The number of nitrogens with one attached hydrogen (secondary N) is 1. The molecule has 0 spiro atoms. The van der Waals surface area contributed by atoms with Crippen LogP contribution in [0.15, 0.2) is 18.2 Å². The van der Waals surface area contributed by atoms with Crippen LogP contribution in [0, 0.1) is 29.6 Å². The first-order valence-corrected chi connectivity index (χ1v) is 11.7. The van der Waals surface area contributed by atoms with E-state index in [2.05, 4.69) is 28.6 Å². The van der Waals surface area contributed by atoms with E-state index in [1.165, 1.54) is 17.3 Å². The van der Waals surface area contributed by atoms with Gasteiger partial charge in [0.05, 0.1) is 0 Å². The lowest BCUT2D eigenvalue weighted by Gasteiger charge is -2.32. The van der Waals surface area contributed by atoms with Crippen molar-refractivity contribution in [3.8, 4) is 23.7 Å². The summed E-state index contributed by atoms with van der Waals surface area (Å²) in [6.45, 7) is 3.50. The van der Waals surface area contributed by atoms with Crippen LogP contribution in [0.4, 0.5) is 0 Å². The predicted octanol–water partition coefficient (Wildman–Crippen LogP) is 0.258. The van der Waals surface area contributed by atoms with Crippen LogP contribution >= 0.6 is 0 Å². The van der Waals surface area contributed by atoms with E-state index in [0.717, 1.165) is 30.5 Å². The number of rotatable bonds is 5. The van der Waals surface area contributed by atoms with Crippen LogP contribution in [0.5, 0.6) is 0 Å². The van der Waals surface area contributed by atoms with Crippen LogP contribution in [-0.2, 0) is 21.2 Å². The predicted molar refractivity (Wildman–Crippen MR) is 115 cm³/mol. The molecule has 2 aliphatic rings. The number of hydroxylamine groups is 1. The third-order valence-electron chi connectivity index (χ3n) is 5.85. The Hall–Kier alpha value is -2.85. The van der Waals surface area contributed by atoms with Crippen molar-refractivity contribution in [2.24, 2.45) is 5.92 Å². The lowest BCUT2D eigenvalue weighted by Crippen LogP contribution is -2.50. The van der Waals surface area contributed by atoms with Gasteiger partial charge in [-0.1, -0.05) is 11.8 Å². The quantitative estimate of drug-likeness (QED) is 0.384. The minimum atomic E-state index is -3.82. The second-order valence-corrected chi connectivity index (χ2v) is 10.7. The smallest absolute Gasteiger partial charge is 0.264 e. The van der Waals surface area contributed by atoms with E-state index in [1.54, 1.807) is 12.1 Å². The second kappa shape index (κ2) is 8.72. The Balaban J connectivity index is 1.68. The molecule has 0 bridgehead atoms. The maximum atomic E-state index is 12.7. The van der Waals surface area contributed by atoms with Crippen molar-refractivity contribution in [3.63, 3.8) is 0 Å². The van der Waals surface area contributed by atoms with Gasteiger partial charge in [-0.15, -0.1) is 0 Å². The molecular formula is C22H25N3O5S. The van der Waals surface area contributed by atoms with Crippen molar-refractivity contribution in [2.75, 3.05) is 32.9 Å². The van der Waals surface area contributed by atoms with Crippen LogP contribution < -0.4 is 5.48 Å². The van der Waals surface area contributed by atoms with Gasteiger partial charge in [-0.3, -0.25) is 14.8 Å². The minimum Gasteiger partial charge on any atom is -0.334 e. The molecule has 2 N–H and O–H groups in total. The van der Waals surface area contributed by atoms with E-state index < -0.39 is 20.5 Å². The fraction of sp³-hybridized carbons (Fsp3) is 0.455. The summed E-state index contributed by atoms with van der Waals surface area (Å²) in [5.74, 6) is 10.9. The molecule has 3 rings (SSSR count). The average molecular weight is 444 g/mol. The van der Waals surface area contributed by atoms with Gasteiger partial charge in [0.15, 0.2) is 14.6 Å². The number of likely N-dealkylation sites (tertiary alicyclic amines) is 1. The highest BCUT2D eigenvalue weighted by Gasteiger charge is 2.44. The molecule has 31 heavy (non-hydrogen) atoms. The molecule has 0 aromatic heterocycles. The van der Waals surface area contributed by atoms with Gasteiger partial charge in [0.2, 0.25) is 0 Å². The monoisotopic (exact) mass is 443 g/mol. The minimum absolute atomic E-state index is 0.0484. The molecule has 1 atom stereocenters. The van der Waals surface area contributed by atoms with Gasteiger partial charge in [-0.2, -0.15) is 0 Å². The number of hydrogen-bond acceptors (Lipinski definition) is 6. The van der Waals surface area contributed by atoms with E-state index in [-0.39, 0.29) is 18.9 Å². The zero-order chi connectivity index (χ0) is 22.8. The van der Waals surface area contributed by atoms with E-state index in [9.17, 15) is 18.0 Å². The van der Waals surface area contributed by atoms with Crippen molar-refractivity contribution in [2.45, 2.75) is 24.6 Å². The van der Waals surface area contributed by atoms with Gasteiger partial charge in [0, 0.05) is 49.5 Å². The standard InChI is InChI=1S/C22H25N3O5S/c1-22(21(27)23-28,31(3,29)30)10-11-25-15-18-12-16(8-9-19(18)20(25)26)6-4-5-7-17-13-24(2)14-17/h8-9,12,17,28H,10-11,13-15H2,1-3H3,(H,23,27)/t22-/m1/s1. The third-order valence-corrected chi connectivity index (χ3v) is 7.88. The van der Waals surface area contributed by atoms with Crippen molar-refractivity contribution in [3.05, 3.63) is 34.9 Å². The van der Waals surface area contributed by atoms with Gasteiger partial charge in [-0.25, -0.2) is 13.9 Å². The van der Waals surface area contributed by atoms with Crippen LogP contribution in [0.1, 0.15) is 34.8 Å². The number of fused-ring (bicyclic) bond motifs is 1. The van der Waals surface area contributed by atoms with E-state index in [0.29, 0.717) is 18.0 Å². The molecule has 0 radical (unpaired) electrons. The molecule has 2 amide bonds. The molecule has 2 aliphatic heterocycles. The normalized spacial score (nSPS) is 18.1. The summed E-state index contributed by atoms with van der Waals surface area (Å²) in [5, 5.41) is 8.93. The van der Waals surface area contributed by atoms with Gasteiger partial charge < -0.3 is 9.80 Å². The van der Waals surface area contributed by atoms with Crippen LogP contribution in [0.2, 0.25) is 0 Å². The highest BCUT2D eigenvalue weighted by molar-refractivity contribution is 7.92. The molecule has 1 saturated heterocycles. The van der Waals surface area contributed by atoms with Gasteiger partial charge in [0.1, 0.15) is 0 Å². The Bertz CT molecular complexity index is 1130. The average Bonchev–Trinajstić information content (AvgIpc) is 3.01. The lowest BCUT2D eigenvalue weighted by atomic mass is 10.0. The summed E-state index contributed by atoms with van der Waals surface area (Å²) in [6, 6.07) is 5.29. The first kappa shape index (κ1) is 22.8. The second-order valence-electron chi connectivity index (χ2n) is 8.23. The first-order chi connectivity index (χ1) is 14.5. The fourth-order valence-corrected chi connectivity index (χ4v) is 4.45. The molecule has 8 nitrogen and oxygen atoms in total. The first-order valence-electron chi connectivity index (χ1n) is 9.81. The van der Waals surface area contributed by atoms with Gasteiger partial charge >= 0.3 is 0 Å². The number of carbonyl (C=O) groups is 2. The van der Waals surface area contributed by atoms with Crippen molar-refractivity contribution >= 4 is 21.7 Å². The summed E-state index contributed by atoms with van der Waals surface area (Å²) in [6.07, 6.45) is 0.788. The zero-order valence-electron chi connectivity index (χ0n) is 17.7. The molecule has 1 fully saturated rings. The Labute approximate surface area is 182 Å². The van der Waals surface area contributed by atoms with Crippen LogP contribution in [0.3, 0.4) is 0 Å². The Morgan fingerprint density at radius 2 is 2.03 bits per heavy atom. The van der Waals surface area contributed by atoms with Crippen molar-refractivity contribution < 1.29 is 23.2 Å². The highest BCUT2D eigenvalue weighted by Crippen LogP contribution is 2.27. The maximum Gasteiger partial charge on any atom is 0.264 e. The van der Waals surface area contributed by atoms with Crippen LogP contribution in [0.25, 0.3) is 0 Å². The SMILES string of the molecule is CN1CC(C#CC#Cc2ccc3c(c2)CN(CC[C@](C)(C(=O)NO)S(C)(=O)=O)C3=O)C1. The summed E-state index contributed by atoms with van der Waals surface area (Å²) < 4.78 is 22.4. The summed E-state index contributed by atoms with van der Waals surface area (Å²) in [5.41, 5.74) is 3.48. The number of amides is 2. The molecule has 1 aromatic rings. The number of carbonyl (C=O) groups excluding carboxylic acids is 2. The molecular weight excluding hydrogens is 418 g/mol. The Morgan fingerprint density at radius 1 is 1.32 bits per heavy atom. The molecule has 164 valence electrons. The third kappa shape index (κ3) is 4.75. The number of benzene rings is 1. The topological polar surface area (TPSA) is 107 Å². The summed E-state index contributed by atoms with van der Waals surface area (Å²) in [7, 11) is -1.78. The number of hydrogen-bond donors (Lipinski definition) is 2. The lowest BCUT2D eigenvalue weighted by molar-refractivity contribution is -0.131. The molecule has 1 aromatic carbocycles. The van der Waals surface area contributed by atoms with E-state index >= 15 is 0 Å². The highest BCUT2D eigenvalue weighted by atomic mass is 32.2. The summed E-state index contributed by atoms with van der Waals surface area (Å²) >= 11 is 0.